The van der Waals surface area contributed by atoms with Crippen LogP contribution in [-0.2, 0) is 25.7 Å². The highest BCUT2D eigenvalue weighted by Crippen LogP contribution is 2.36. The average Bonchev–Trinajstić information content (AvgIpc) is 2.72. The average molecular weight is 492 g/mol. The molecule has 3 N–H and O–H groups in total. The van der Waals surface area contributed by atoms with Gasteiger partial charge < -0.3 is 15.2 Å². The lowest BCUT2D eigenvalue weighted by molar-refractivity contribution is -0.148. The fraction of sp³-hybridized carbons (Fsp3) is 0.300. The molecule has 0 aromatic heterocycles. The molecule has 13 heteroatoms. The number of alkyl halides is 3. The summed E-state index contributed by atoms with van der Waals surface area (Å²) in [4.78, 5) is 23.7. The third kappa shape index (κ3) is 6.65. The summed E-state index contributed by atoms with van der Waals surface area (Å²) in [7, 11) is -4.53. The topological polar surface area (TPSA) is 122 Å². The van der Waals surface area contributed by atoms with Crippen LogP contribution < -0.4 is 10.0 Å². The number of esters is 1. The molecule has 0 saturated heterocycles. The summed E-state index contributed by atoms with van der Waals surface area (Å²) < 4.78 is 84.1. The molecule has 0 bridgehead atoms. The summed E-state index contributed by atoms with van der Waals surface area (Å²) in [5.74, 6) is -2.90. The molecule has 8 nitrogen and oxygen atoms in total. The fourth-order valence-electron chi connectivity index (χ4n) is 2.66. The molecule has 1 amide bonds. The van der Waals surface area contributed by atoms with Crippen LogP contribution in [0.1, 0.15) is 29.8 Å². The SMILES string of the molecule is CCOC(=O)C(NC(=O)c1ccc(S(=O)(=O)Nc2ccc(F)cc2C(F)(F)F)cc1)C(C)O. The van der Waals surface area contributed by atoms with E-state index < -0.39 is 62.2 Å². The van der Waals surface area contributed by atoms with Crippen molar-refractivity contribution in [1.82, 2.24) is 5.32 Å². The number of aliphatic hydroxyl groups excluding tert-OH is 1. The lowest BCUT2D eigenvalue weighted by Gasteiger charge is -2.19. The first-order chi connectivity index (χ1) is 15.3. The minimum absolute atomic E-state index is 0.0155. The maximum Gasteiger partial charge on any atom is 0.418 e. The monoisotopic (exact) mass is 492 g/mol. The third-order valence-electron chi connectivity index (χ3n) is 4.27. The highest BCUT2D eigenvalue weighted by Gasteiger charge is 2.35. The predicted octanol–water partition coefficient (Wildman–Crippen LogP) is 2.69. The van der Waals surface area contributed by atoms with E-state index in [1.807, 2.05) is 0 Å². The molecule has 2 unspecified atom stereocenters. The molecule has 2 aromatic rings. The molecule has 180 valence electrons. The first kappa shape index (κ1) is 26.1. The lowest BCUT2D eigenvalue weighted by Crippen LogP contribution is -2.48. The second-order valence-corrected chi connectivity index (χ2v) is 8.44. The van der Waals surface area contributed by atoms with Crippen molar-refractivity contribution in [1.29, 1.82) is 0 Å². The van der Waals surface area contributed by atoms with Crippen molar-refractivity contribution in [2.75, 3.05) is 11.3 Å². The summed E-state index contributed by atoms with van der Waals surface area (Å²) in [6, 6.07) is 4.12. The van der Waals surface area contributed by atoms with Crippen LogP contribution in [0.4, 0.5) is 23.2 Å². The number of ether oxygens (including phenoxy) is 1. The molecule has 2 rings (SSSR count). The minimum atomic E-state index is -5.01. The normalized spacial score (nSPS) is 13.7. The van der Waals surface area contributed by atoms with Crippen LogP contribution in [-0.4, -0.2) is 44.2 Å². The van der Waals surface area contributed by atoms with Gasteiger partial charge in [-0.15, -0.1) is 0 Å². The Bertz CT molecular complexity index is 1120. The van der Waals surface area contributed by atoms with Gasteiger partial charge in [0.05, 0.1) is 28.9 Å². The molecule has 0 aliphatic heterocycles. The zero-order valence-electron chi connectivity index (χ0n) is 17.3. The van der Waals surface area contributed by atoms with E-state index in [9.17, 15) is 40.7 Å². The standard InChI is InChI=1S/C20H20F4N2O6S/c1-3-32-19(29)17(11(2)27)25-18(28)12-4-7-14(8-5-12)33(30,31)26-16-9-6-13(21)10-15(16)20(22,23)24/h4-11,17,26-27H,3H2,1-2H3,(H,25,28). The molecular weight excluding hydrogens is 472 g/mol. The van der Waals surface area contributed by atoms with Gasteiger partial charge in [-0.2, -0.15) is 13.2 Å². The quantitative estimate of drug-likeness (QED) is 0.385. The highest BCUT2D eigenvalue weighted by molar-refractivity contribution is 7.92. The smallest absolute Gasteiger partial charge is 0.418 e. The Labute approximate surface area is 186 Å². The van der Waals surface area contributed by atoms with Crippen molar-refractivity contribution in [3.05, 3.63) is 59.4 Å². The molecule has 0 aliphatic carbocycles. The molecule has 0 spiro atoms. The number of amides is 1. The van der Waals surface area contributed by atoms with E-state index in [4.69, 9.17) is 4.74 Å². The van der Waals surface area contributed by atoms with E-state index in [-0.39, 0.29) is 18.2 Å². The van der Waals surface area contributed by atoms with Gasteiger partial charge in [-0.3, -0.25) is 9.52 Å². The van der Waals surface area contributed by atoms with Crippen molar-refractivity contribution in [3.63, 3.8) is 0 Å². The van der Waals surface area contributed by atoms with Crippen molar-refractivity contribution >= 4 is 27.6 Å². The molecule has 2 aromatic carbocycles. The Hall–Kier alpha value is -3.19. The van der Waals surface area contributed by atoms with Crippen LogP contribution in [0.15, 0.2) is 47.4 Å². The van der Waals surface area contributed by atoms with Gasteiger partial charge in [0.15, 0.2) is 6.04 Å². The van der Waals surface area contributed by atoms with E-state index in [2.05, 4.69) is 5.32 Å². The third-order valence-corrected chi connectivity index (χ3v) is 5.65. The number of nitrogens with one attached hydrogen (secondary N) is 2. The van der Waals surface area contributed by atoms with Crippen LogP contribution in [0, 0.1) is 5.82 Å². The van der Waals surface area contributed by atoms with Gasteiger partial charge in [0.25, 0.3) is 15.9 Å². The highest BCUT2D eigenvalue weighted by atomic mass is 32.2. The van der Waals surface area contributed by atoms with Crippen molar-refractivity contribution in [2.45, 2.75) is 37.1 Å². The Morgan fingerprint density at radius 2 is 1.73 bits per heavy atom. The predicted molar refractivity (Wildman–Crippen MR) is 108 cm³/mol. The van der Waals surface area contributed by atoms with Gasteiger partial charge >= 0.3 is 12.1 Å². The second-order valence-electron chi connectivity index (χ2n) is 6.76. The number of aliphatic hydroxyl groups is 1. The molecule has 0 saturated carbocycles. The Morgan fingerprint density at radius 3 is 2.24 bits per heavy atom. The van der Waals surface area contributed by atoms with E-state index >= 15 is 0 Å². The van der Waals surface area contributed by atoms with Crippen LogP contribution in [0.5, 0.6) is 0 Å². The molecular formula is C20H20F4N2O6S. The maximum atomic E-state index is 13.2. The van der Waals surface area contributed by atoms with Gasteiger partial charge in [0, 0.05) is 5.56 Å². The Balaban J connectivity index is 2.24. The first-order valence-electron chi connectivity index (χ1n) is 9.41. The summed E-state index contributed by atoms with van der Waals surface area (Å²) in [5.41, 5.74) is -2.48. The Kier molecular flexibility index (Phi) is 8.03. The number of hydrogen-bond acceptors (Lipinski definition) is 6. The van der Waals surface area contributed by atoms with Gasteiger partial charge in [0.2, 0.25) is 0 Å². The minimum Gasteiger partial charge on any atom is -0.464 e. The summed E-state index contributed by atoms with van der Waals surface area (Å²) in [6.45, 7) is 2.81. The zero-order chi connectivity index (χ0) is 25.0. The van der Waals surface area contributed by atoms with E-state index in [1.54, 1.807) is 4.72 Å². The van der Waals surface area contributed by atoms with Crippen molar-refractivity contribution in [3.8, 4) is 0 Å². The molecule has 2 atom stereocenters. The van der Waals surface area contributed by atoms with Crippen molar-refractivity contribution < 1.29 is 45.4 Å². The van der Waals surface area contributed by atoms with E-state index in [0.717, 1.165) is 24.3 Å². The van der Waals surface area contributed by atoms with Crippen molar-refractivity contribution in [2.24, 2.45) is 0 Å². The van der Waals surface area contributed by atoms with Gasteiger partial charge in [-0.25, -0.2) is 17.6 Å². The molecule has 0 aliphatic rings. The van der Waals surface area contributed by atoms with E-state index in [1.165, 1.54) is 13.8 Å². The number of carbonyl (C=O) groups excluding carboxylic acids is 2. The van der Waals surface area contributed by atoms with Crippen LogP contribution in [0.25, 0.3) is 0 Å². The van der Waals surface area contributed by atoms with Crippen LogP contribution >= 0.6 is 0 Å². The number of rotatable bonds is 8. The van der Waals surface area contributed by atoms with Gasteiger partial charge in [-0.05, 0) is 56.3 Å². The summed E-state index contributed by atoms with van der Waals surface area (Å²) in [5, 5.41) is 11.9. The summed E-state index contributed by atoms with van der Waals surface area (Å²) >= 11 is 0. The van der Waals surface area contributed by atoms with E-state index in [0.29, 0.717) is 12.1 Å². The summed E-state index contributed by atoms with van der Waals surface area (Å²) in [6.07, 6.45) is -6.29. The largest absolute Gasteiger partial charge is 0.464 e. The fourth-order valence-corrected chi connectivity index (χ4v) is 3.74. The van der Waals surface area contributed by atoms with Crippen LogP contribution in [0.2, 0.25) is 0 Å². The number of halogens is 4. The zero-order valence-corrected chi connectivity index (χ0v) is 18.1. The number of sulfonamides is 1. The Morgan fingerprint density at radius 1 is 1.12 bits per heavy atom. The van der Waals surface area contributed by atoms with Gasteiger partial charge in [0.1, 0.15) is 5.82 Å². The number of carbonyl (C=O) groups is 2. The first-order valence-corrected chi connectivity index (χ1v) is 10.9. The molecule has 0 fully saturated rings. The lowest BCUT2D eigenvalue weighted by atomic mass is 10.1. The molecule has 0 radical (unpaired) electrons. The maximum absolute atomic E-state index is 13.2. The molecule has 0 heterocycles. The molecule has 33 heavy (non-hydrogen) atoms. The van der Waals surface area contributed by atoms with Gasteiger partial charge in [-0.1, -0.05) is 0 Å². The number of hydrogen-bond donors (Lipinski definition) is 3. The number of benzene rings is 2. The van der Waals surface area contributed by atoms with Crippen LogP contribution in [0.3, 0.4) is 0 Å². The second kappa shape index (κ2) is 10.2. The number of anilines is 1.